The summed E-state index contributed by atoms with van der Waals surface area (Å²) >= 11 is 6.05. The van der Waals surface area contributed by atoms with Crippen molar-refractivity contribution in [3.63, 3.8) is 0 Å². The number of nitrogens with two attached hydrogens (primary N) is 1. The molecule has 20 heavy (non-hydrogen) atoms. The molecule has 0 fully saturated rings. The molecule has 0 radical (unpaired) electrons. The van der Waals surface area contributed by atoms with Gasteiger partial charge in [-0.25, -0.2) is 4.39 Å². The van der Waals surface area contributed by atoms with Gasteiger partial charge in [-0.2, -0.15) is 0 Å². The van der Waals surface area contributed by atoms with E-state index in [4.69, 9.17) is 17.3 Å². The van der Waals surface area contributed by atoms with E-state index in [9.17, 15) is 9.50 Å². The van der Waals surface area contributed by atoms with Crippen LogP contribution in [0.5, 0.6) is 0 Å². The van der Waals surface area contributed by atoms with Crippen molar-refractivity contribution in [2.24, 2.45) is 0 Å². The molecule has 0 amide bonds. The van der Waals surface area contributed by atoms with Gasteiger partial charge in [0.1, 0.15) is 5.82 Å². The van der Waals surface area contributed by atoms with Crippen molar-refractivity contribution >= 4 is 17.3 Å². The van der Waals surface area contributed by atoms with Gasteiger partial charge in [-0.15, -0.1) is 0 Å². The third-order valence-electron chi connectivity index (χ3n) is 3.94. The molecule has 1 aliphatic carbocycles. The van der Waals surface area contributed by atoms with Crippen LogP contribution in [0.2, 0.25) is 5.02 Å². The molecular formula is C16H15ClFNO. The van der Waals surface area contributed by atoms with E-state index < -0.39 is 5.60 Å². The Morgan fingerprint density at radius 3 is 2.80 bits per heavy atom. The largest absolute Gasteiger partial charge is 0.399 e. The van der Waals surface area contributed by atoms with Crippen molar-refractivity contribution in [3.8, 4) is 0 Å². The number of halogens is 2. The van der Waals surface area contributed by atoms with Gasteiger partial charge in [-0.05, 0) is 53.8 Å². The molecule has 1 unspecified atom stereocenters. The number of aryl methyl sites for hydroxylation is 1. The molecule has 2 nitrogen and oxygen atoms in total. The van der Waals surface area contributed by atoms with Crippen LogP contribution in [0, 0.1) is 5.82 Å². The molecule has 1 atom stereocenters. The Labute approximate surface area is 122 Å². The normalized spacial score (nSPS) is 20.9. The zero-order valence-electron chi connectivity index (χ0n) is 10.9. The summed E-state index contributed by atoms with van der Waals surface area (Å²) in [6.45, 7) is 0. The Kier molecular flexibility index (Phi) is 3.19. The average molecular weight is 292 g/mol. The highest BCUT2D eigenvalue weighted by Gasteiger charge is 2.37. The summed E-state index contributed by atoms with van der Waals surface area (Å²) in [6, 6.07) is 9.84. The Morgan fingerprint density at radius 1 is 1.25 bits per heavy atom. The first-order valence-electron chi connectivity index (χ1n) is 6.53. The van der Waals surface area contributed by atoms with Crippen molar-refractivity contribution in [3.05, 3.63) is 63.9 Å². The predicted octanol–water partition coefficient (Wildman–Crippen LogP) is 3.44. The number of rotatable bonds is 2. The van der Waals surface area contributed by atoms with Gasteiger partial charge < -0.3 is 10.8 Å². The molecule has 104 valence electrons. The summed E-state index contributed by atoms with van der Waals surface area (Å²) in [5.41, 5.74) is 8.24. The van der Waals surface area contributed by atoms with Gasteiger partial charge in [0.15, 0.2) is 0 Å². The van der Waals surface area contributed by atoms with Gasteiger partial charge in [-0.3, -0.25) is 0 Å². The fraction of sp³-hybridized carbons (Fsp3) is 0.250. The first kappa shape index (κ1) is 13.4. The highest BCUT2D eigenvalue weighted by molar-refractivity contribution is 6.31. The molecule has 0 saturated carbocycles. The van der Waals surface area contributed by atoms with Gasteiger partial charge in [0.25, 0.3) is 0 Å². The highest BCUT2D eigenvalue weighted by atomic mass is 35.5. The van der Waals surface area contributed by atoms with Crippen LogP contribution in [0.25, 0.3) is 0 Å². The van der Waals surface area contributed by atoms with Crippen LogP contribution in [-0.2, 0) is 18.4 Å². The number of anilines is 1. The van der Waals surface area contributed by atoms with Crippen LogP contribution >= 0.6 is 11.6 Å². The second kappa shape index (κ2) is 4.76. The van der Waals surface area contributed by atoms with Crippen LogP contribution in [0.15, 0.2) is 36.4 Å². The van der Waals surface area contributed by atoms with Crippen LogP contribution in [0.4, 0.5) is 10.1 Å². The number of hydrogen-bond donors (Lipinski definition) is 2. The Balaban J connectivity index is 1.96. The molecule has 1 aliphatic rings. The Morgan fingerprint density at radius 2 is 2.05 bits per heavy atom. The van der Waals surface area contributed by atoms with Crippen LogP contribution in [-0.4, -0.2) is 5.11 Å². The van der Waals surface area contributed by atoms with Gasteiger partial charge in [0.2, 0.25) is 0 Å². The lowest BCUT2D eigenvalue weighted by atomic mass is 9.88. The van der Waals surface area contributed by atoms with Crippen molar-refractivity contribution < 1.29 is 9.50 Å². The molecule has 2 aromatic rings. The van der Waals surface area contributed by atoms with E-state index in [1.165, 1.54) is 12.1 Å². The van der Waals surface area contributed by atoms with Gasteiger partial charge in [0, 0.05) is 17.1 Å². The minimum absolute atomic E-state index is 0.349. The zero-order chi connectivity index (χ0) is 14.3. The number of hydrogen-bond acceptors (Lipinski definition) is 2. The molecule has 0 saturated heterocycles. The number of aliphatic hydroxyl groups is 1. The summed E-state index contributed by atoms with van der Waals surface area (Å²) in [5.74, 6) is -0.370. The van der Waals surface area contributed by atoms with Crippen molar-refractivity contribution in [2.45, 2.75) is 24.9 Å². The maximum Gasteiger partial charge on any atom is 0.124 e. The molecule has 4 heteroatoms. The standard InChI is InChI=1S/C16H15ClFNO/c17-15-8-12(18)2-1-11(15)9-16(20)6-5-10-7-13(19)3-4-14(10)16/h1-4,7-8,20H,5-6,9,19H2. The molecule has 0 spiro atoms. The van der Waals surface area contributed by atoms with E-state index in [1.807, 2.05) is 12.1 Å². The van der Waals surface area contributed by atoms with E-state index in [-0.39, 0.29) is 5.82 Å². The van der Waals surface area contributed by atoms with E-state index >= 15 is 0 Å². The van der Waals surface area contributed by atoms with E-state index in [1.54, 1.807) is 12.1 Å². The van der Waals surface area contributed by atoms with E-state index in [2.05, 4.69) is 0 Å². The average Bonchev–Trinajstić information content (AvgIpc) is 2.70. The van der Waals surface area contributed by atoms with Crippen LogP contribution in [0.3, 0.4) is 0 Å². The first-order chi connectivity index (χ1) is 9.48. The maximum absolute atomic E-state index is 13.1. The Bertz CT molecular complexity index is 674. The quantitative estimate of drug-likeness (QED) is 0.833. The van der Waals surface area contributed by atoms with Gasteiger partial charge in [-0.1, -0.05) is 23.7 Å². The molecule has 0 aromatic heterocycles. The monoisotopic (exact) mass is 291 g/mol. The highest BCUT2D eigenvalue weighted by Crippen LogP contribution is 2.41. The predicted molar refractivity (Wildman–Crippen MR) is 78.2 cm³/mol. The second-order valence-corrected chi connectivity index (χ2v) is 5.77. The summed E-state index contributed by atoms with van der Waals surface area (Å²) in [7, 11) is 0. The van der Waals surface area contributed by atoms with E-state index in [0.717, 1.165) is 23.1 Å². The van der Waals surface area contributed by atoms with Crippen molar-refractivity contribution in [2.75, 3.05) is 5.73 Å². The summed E-state index contributed by atoms with van der Waals surface area (Å²) in [5, 5.41) is 11.2. The minimum Gasteiger partial charge on any atom is -0.399 e. The number of benzene rings is 2. The second-order valence-electron chi connectivity index (χ2n) is 5.36. The smallest absolute Gasteiger partial charge is 0.124 e. The van der Waals surface area contributed by atoms with Crippen molar-refractivity contribution in [1.29, 1.82) is 0 Å². The third-order valence-corrected chi connectivity index (χ3v) is 4.29. The summed E-state index contributed by atoms with van der Waals surface area (Å²) in [4.78, 5) is 0. The molecule has 0 bridgehead atoms. The lowest BCUT2D eigenvalue weighted by molar-refractivity contribution is 0.0390. The maximum atomic E-state index is 13.1. The molecule has 2 aromatic carbocycles. The summed E-state index contributed by atoms with van der Waals surface area (Å²) in [6.07, 6.45) is 1.79. The van der Waals surface area contributed by atoms with Crippen LogP contribution in [0.1, 0.15) is 23.1 Å². The lowest BCUT2D eigenvalue weighted by Gasteiger charge is -2.25. The molecular weight excluding hydrogens is 277 g/mol. The van der Waals surface area contributed by atoms with E-state index in [0.29, 0.717) is 23.6 Å². The topological polar surface area (TPSA) is 46.2 Å². The molecule has 3 rings (SSSR count). The van der Waals surface area contributed by atoms with Gasteiger partial charge in [0.05, 0.1) is 5.60 Å². The minimum atomic E-state index is -0.954. The fourth-order valence-electron chi connectivity index (χ4n) is 2.91. The number of nitrogen functional groups attached to an aromatic ring is 1. The molecule has 3 N–H and O–H groups in total. The first-order valence-corrected chi connectivity index (χ1v) is 6.91. The lowest BCUT2D eigenvalue weighted by Crippen LogP contribution is -2.25. The SMILES string of the molecule is Nc1ccc2c(c1)CCC2(O)Cc1ccc(F)cc1Cl. The van der Waals surface area contributed by atoms with Crippen molar-refractivity contribution in [1.82, 2.24) is 0 Å². The third kappa shape index (κ3) is 2.28. The number of fused-ring (bicyclic) bond motifs is 1. The fourth-order valence-corrected chi connectivity index (χ4v) is 3.15. The molecule has 0 heterocycles. The van der Waals surface area contributed by atoms with Gasteiger partial charge >= 0.3 is 0 Å². The Hall–Kier alpha value is -1.58. The molecule has 0 aliphatic heterocycles. The zero-order valence-corrected chi connectivity index (χ0v) is 11.6. The van der Waals surface area contributed by atoms with Crippen LogP contribution < -0.4 is 5.73 Å². The summed E-state index contributed by atoms with van der Waals surface area (Å²) < 4.78 is 13.1.